The lowest BCUT2D eigenvalue weighted by molar-refractivity contribution is 0.0938. The van der Waals surface area contributed by atoms with Gasteiger partial charge in [0.05, 0.1) is 6.54 Å². The molecule has 0 aliphatic heterocycles. The maximum Gasteiger partial charge on any atom is 0.276 e. The van der Waals surface area contributed by atoms with Crippen LogP contribution < -0.4 is 5.32 Å². The first-order valence-corrected chi connectivity index (χ1v) is 9.01. The maximum atomic E-state index is 13.6. The number of thioether (sulfide) groups is 1. The standard InChI is InChI=1S/C19H15F2N3O2S/c20-14-9-4-10-15(21)17(14)18(25)22-12-16-23-24-19(26-16)27-11-5-8-13-6-2-1-3-7-13/h1-10H,11-12H2,(H,22,25)/b8-5+. The molecule has 27 heavy (non-hydrogen) atoms. The first-order chi connectivity index (χ1) is 13.1. The molecule has 138 valence electrons. The Labute approximate surface area is 158 Å². The summed E-state index contributed by atoms with van der Waals surface area (Å²) < 4.78 is 32.5. The highest BCUT2D eigenvalue weighted by Crippen LogP contribution is 2.17. The maximum absolute atomic E-state index is 13.6. The summed E-state index contributed by atoms with van der Waals surface area (Å²) in [5.41, 5.74) is 0.449. The third-order valence-corrected chi connectivity index (χ3v) is 4.22. The zero-order chi connectivity index (χ0) is 19.1. The van der Waals surface area contributed by atoms with Crippen LogP contribution >= 0.6 is 11.8 Å². The molecule has 3 rings (SSSR count). The Kier molecular flexibility index (Phi) is 6.32. The number of halogens is 2. The molecular formula is C19H15F2N3O2S. The van der Waals surface area contributed by atoms with Gasteiger partial charge in [-0.2, -0.15) is 0 Å². The molecule has 8 heteroatoms. The molecule has 0 atom stereocenters. The van der Waals surface area contributed by atoms with Crippen LogP contribution in [0.4, 0.5) is 8.78 Å². The zero-order valence-corrected chi connectivity index (χ0v) is 14.9. The van der Waals surface area contributed by atoms with Gasteiger partial charge in [0.1, 0.15) is 17.2 Å². The average Bonchev–Trinajstić information content (AvgIpc) is 3.12. The van der Waals surface area contributed by atoms with Crippen molar-refractivity contribution in [2.24, 2.45) is 0 Å². The number of nitrogens with one attached hydrogen (secondary N) is 1. The molecule has 0 aliphatic rings. The molecule has 0 saturated carbocycles. The summed E-state index contributed by atoms with van der Waals surface area (Å²) in [6, 6.07) is 13.1. The van der Waals surface area contributed by atoms with Crippen molar-refractivity contribution in [3.63, 3.8) is 0 Å². The lowest BCUT2D eigenvalue weighted by Crippen LogP contribution is -2.25. The van der Waals surface area contributed by atoms with E-state index in [0.717, 1.165) is 17.7 Å². The Hall–Kier alpha value is -3.00. The summed E-state index contributed by atoms with van der Waals surface area (Å²) in [6.45, 7) is -0.125. The Morgan fingerprint density at radius 3 is 2.56 bits per heavy atom. The lowest BCUT2D eigenvalue weighted by Gasteiger charge is -2.04. The number of benzene rings is 2. The predicted molar refractivity (Wildman–Crippen MR) is 98.0 cm³/mol. The Morgan fingerprint density at radius 2 is 1.81 bits per heavy atom. The van der Waals surface area contributed by atoms with Gasteiger partial charge in [0.2, 0.25) is 5.89 Å². The largest absolute Gasteiger partial charge is 0.414 e. The van der Waals surface area contributed by atoms with Crippen molar-refractivity contribution in [2.45, 2.75) is 11.8 Å². The quantitative estimate of drug-likeness (QED) is 0.619. The minimum absolute atomic E-state index is 0.125. The van der Waals surface area contributed by atoms with Gasteiger partial charge in [0.25, 0.3) is 11.1 Å². The molecule has 0 aliphatic carbocycles. The second-order valence-corrected chi connectivity index (χ2v) is 6.34. The fourth-order valence-corrected chi connectivity index (χ4v) is 2.78. The molecule has 5 nitrogen and oxygen atoms in total. The minimum atomic E-state index is -0.931. The number of rotatable bonds is 7. The van der Waals surface area contributed by atoms with Crippen molar-refractivity contribution < 1.29 is 18.0 Å². The average molecular weight is 387 g/mol. The van der Waals surface area contributed by atoms with E-state index in [9.17, 15) is 13.6 Å². The van der Waals surface area contributed by atoms with Crippen molar-refractivity contribution in [3.05, 3.63) is 83.3 Å². The molecule has 3 aromatic rings. The van der Waals surface area contributed by atoms with Gasteiger partial charge < -0.3 is 9.73 Å². The molecule has 2 aromatic carbocycles. The van der Waals surface area contributed by atoms with Crippen LogP contribution in [-0.2, 0) is 6.54 Å². The van der Waals surface area contributed by atoms with Crippen LogP contribution in [-0.4, -0.2) is 21.9 Å². The SMILES string of the molecule is O=C(NCc1nnc(SC/C=C/c2ccccc2)o1)c1c(F)cccc1F. The summed E-state index contributed by atoms with van der Waals surface area (Å²) >= 11 is 1.34. The van der Waals surface area contributed by atoms with Crippen LogP contribution in [0.2, 0.25) is 0 Å². The van der Waals surface area contributed by atoms with E-state index in [1.807, 2.05) is 42.5 Å². The normalized spacial score (nSPS) is 11.0. The van der Waals surface area contributed by atoms with Gasteiger partial charge in [-0.1, -0.05) is 60.3 Å². The van der Waals surface area contributed by atoms with Crippen molar-refractivity contribution in [2.75, 3.05) is 5.75 Å². The lowest BCUT2D eigenvalue weighted by atomic mass is 10.2. The van der Waals surface area contributed by atoms with Crippen LogP contribution in [0.3, 0.4) is 0 Å². The molecule has 0 saturated heterocycles. The third kappa shape index (κ3) is 5.24. The Bertz CT molecular complexity index is 925. The Morgan fingerprint density at radius 1 is 1.07 bits per heavy atom. The topological polar surface area (TPSA) is 68.0 Å². The molecule has 0 unspecified atom stereocenters. The summed E-state index contributed by atoms with van der Waals surface area (Å²) in [5, 5.41) is 10.4. The number of hydrogen-bond acceptors (Lipinski definition) is 5. The summed E-state index contributed by atoms with van der Waals surface area (Å²) in [5.74, 6) is -1.97. The fourth-order valence-electron chi connectivity index (χ4n) is 2.19. The second-order valence-electron chi connectivity index (χ2n) is 5.37. The highest BCUT2D eigenvalue weighted by Gasteiger charge is 2.17. The zero-order valence-electron chi connectivity index (χ0n) is 14.1. The molecule has 0 bridgehead atoms. The van der Waals surface area contributed by atoms with E-state index >= 15 is 0 Å². The van der Waals surface area contributed by atoms with Gasteiger partial charge >= 0.3 is 0 Å². The van der Waals surface area contributed by atoms with Gasteiger partial charge in [-0.25, -0.2) is 8.78 Å². The van der Waals surface area contributed by atoms with E-state index in [-0.39, 0.29) is 12.4 Å². The monoisotopic (exact) mass is 387 g/mol. The molecule has 0 radical (unpaired) electrons. The van der Waals surface area contributed by atoms with Gasteiger partial charge in [-0.15, -0.1) is 10.2 Å². The van der Waals surface area contributed by atoms with Gasteiger partial charge in [0, 0.05) is 5.75 Å². The summed E-state index contributed by atoms with van der Waals surface area (Å²) in [6.07, 6.45) is 3.94. The number of carbonyl (C=O) groups excluding carboxylic acids is 1. The van der Waals surface area contributed by atoms with E-state index in [2.05, 4.69) is 15.5 Å². The predicted octanol–water partition coefficient (Wildman–Crippen LogP) is 4.08. The van der Waals surface area contributed by atoms with E-state index in [1.165, 1.54) is 17.8 Å². The molecule has 1 N–H and O–H groups in total. The van der Waals surface area contributed by atoms with E-state index in [4.69, 9.17) is 4.42 Å². The van der Waals surface area contributed by atoms with Gasteiger partial charge in [-0.3, -0.25) is 4.79 Å². The number of aromatic nitrogens is 2. The smallest absolute Gasteiger partial charge is 0.276 e. The first-order valence-electron chi connectivity index (χ1n) is 8.02. The number of carbonyl (C=O) groups is 1. The minimum Gasteiger partial charge on any atom is -0.414 e. The van der Waals surface area contributed by atoms with Crippen LogP contribution in [0.1, 0.15) is 21.8 Å². The molecule has 1 aromatic heterocycles. The van der Waals surface area contributed by atoms with Crippen LogP contribution in [0, 0.1) is 11.6 Å². The fraction of sp³-hybridized carbons (Fsp3) is 0.105. The van der Waals surface area contributed by atoms with Crippen LogP contribution in [0.15, 0.2) is 64.2 Å². The van der Waals surface area contributed by atoms with Gasteiger partial charge in [-0.05, 0) is 17.7 Å². The molecule has 0 fully saturated rings. The molecule has 1 amide bonds. The van der Waals surface area contributed by atoms with E-state index in [0.29, 0.717) is 11.0 Å². The summed E-state index contributed by atoms with van der Waals surface area (Å²) in [7, 11) is 0. The third-order valence-electron chi connectivity index (χ3n) is 3.45. The molecule has 1 heterocycles. The second kappa shape index (κ2) is 9.09. The molecule has 0 spiro atoms. The van der Waals surface area contributed by atoms with Crippen molar-refractivity contribution in [1.29, 1.82) is 0 Å². The van der Waals surface area contributed by atoms with E-state index < -0.39 is 23.1 Å². The van der Waals surface area contributed by atoms with Crippen molar-refractivity contribution in [1.82, 2.24) is 15.5 Å². The van der Waals surface area contributed by atoms with Crippen molar-refractivity contribution >= 4 is 23.7 Å². The number of hydrogen-bond donors (Lipinski definition) is 1. The Balaban J connectivity index is 1.49. The first kappa shape index (κ1) is 18.8. The number of nitrogens with zero attached hydrogens (tertiary/aromatic N) is 2. The highest BCUT2D eigenvalue weighted by molar-refractivity contribution is 7.99. The van der Waals surface area contributed by atoms with Gasteiger partial charge in [0.15, 0.2) is 0 Å². The highest BCUT2D eigenvalue weighted by atomic mass is 32.2. The van der Waals surface area contributed by atoms with Crippen LogP contribution in [0.25, 0.3) is 6.08 Å². The van der Waals surface area contributed by atoms with Crippen LogP contribution in [0.5, 0.6) is 0 Å². The van der Waals surface area contributed by atoms with E-state index in [1.54, 1.807) is 0 Å². The van der Waals surface area contributed by atoms with Crippen molar-refractivity contribution in [3.8, 4) is 0 Å². The summed E-state index contributed by atoms with van der Waals surface area (Å²) in [4.78, 5) is 11.9. The number of amides is 1. The molecular weight excluding hydrogens is 372 g/mol.